The van der Waals surface area contributed by atoms with E-state index >= 15 is 0 Å². The normalized spacial score (nSPS) is 10.7. The summed E-state index contributed by atoms with van der Waals surface area (Å²) in [7, 11) is 1.78. The van der Waals surface area contributed by atoms with E-state index in [0.717, 1.165) is 6.07 Å². The Labute approximate surface area is 121 Å². The second kappa shape index (κ2) is 7.28. The molecule has 0 radical (unpaired) electrons. The Bertz CT molecular complexity index is 564. The van der Waals surface area contributed by atoms with Crippen LogP contribution < -0.4 is 5.73 Å². The minimum Gasteiger partial charge on any atom is -0.338 e. The zero-order valence-corrected chi connectivity index (χ0v) is 11.7. The fraction of sp³-hybridized carbons (Fsp3) is 0.333. The van der Waals surface area contributed by atoms with Crippen LogP contribution in [0.3, 0.4) is 0 Å². The van der Waals surface area contributed by atoms with Gasteiger partial charge in [0.2, 0.25) is 5.89 Å². The Hall–Kier alpha value is -1.57. The molecule has 20 heavy (non-hydrogen) atoms. The molecule has 0 unspecified atom stereocenters. The number of halogens is 3. The molecule has 1 aromatic heterocycles. The quantitative estimate of drug-likeness (QED) is 0.913. The lowest BCUT2D eigenvalue weighted by molar-refractivity contribution is 0.295. The second-order valence-electron chi connectivity index (χ2n) is 4.22. The zero-order chi connectivity index (χ0) is 13.8. The highest BCUT2D eigenvalue weighted by Crippen LogP contribution is 2.12. The summed E-state index contributed by atoms with van der Waals surface area (Å²) >= 11 is 0. The van der Waals surface area contributed by atoms with E-state index in [-0.39, 0.29) is 19.0 Å². The summed E-state index contributed by atoms with van der Waals surface area (Å²) < 4.78 is 31.1. The van der Waals surface area contributed by atoms with Gasteiger partial charge in [0.05, 0.1) is 13.1 Å². The van der Waals surface area contributed by atoms with Crippen molar-refractivity contribution in [1.29, 1.82) is 0 Å². The van der Waals surface area contributed by atoms with E-state index in [1.807, 2.05) is 0 Å². The maximum absolute atomic E-state index is 13.5. The third-order valence-electron chi connectivity index (χ3n) is 2.55. The molecule has 0 bridgehead atoms. The van der Waals surface area contributed by atoms with Gasteiger partial charge in [0.15, 0.2) is 5.82 Å². The number of aromatic nitrogens is 2. The molecule has 1 aromatic carbocycles. The maximum Gasteiger partial charge on any atom is 0.240 e. The Morgan fingerprint density at radius 1 is 1.30 bits per heavy atom. The molecule has 0 saturated heterocycles. The highest BCUT2D eigenvalue weighted by atomic mass is 35.5. The van der Waals surface area contributed by atoms with Gasteiger partial charge in [0.25, 0.3) is 0 Å². The first-order chi connectivity index (χ1) is 9.08. The molecule has 2 rings (SSSR count). The standard InChI is InChI=1S/C12H14F2N4O.ClH/c1-18(7-11-16-12(5-15)19-17-11)6-8-2-3-9(13)4-10(8)14;/h2-4H,5-7,15H2,1H3;1H. The van der Waals surface area contributed by atoms with Crippen LogP contribution in [0.25, 0.3) is 0 Å². The number of nitrogens with zero attached hydrogens (tertiary/aromatic N) is 3. The van der Waals surface area contributed by atoms with Crippen LogP contribution in [0.5, 0.6) is 0 Å². The van der Waals surface area contributed by atoms with E-state index in [4.69, 9.17) is 10.3 Å². The van der Waals surface area contributed by atoms with E-state index in [0.29, 0.717) is 30.4 Å². The highest BCUT2D eigenvalue weighted by molar-refractivity contribution is 5.85. The van der Waals surface area contributed by atoms with E-state index in [1.54, 1.807) is 11.9 Å². The second-order valence-corrected chi connectivity index (χ2v) is 4.22. The van der Waals surface area contributed by atoms with Crippen molar-refractivity contribution in [2.45, 2.75) is 19.6 Å². The third-order valence-corrected chi connectivity index (χ3v) is 2.55. The summed E-state index contributed by atoms with van der Waals surface area (Å²) in [5.74, 6) is -0.320. The molecule has 110 valence electrons. The number of hydrogen-bond donors (Lipinski definition) is 1. The van der Waals surface area contributed by atoms with Crippen molar-refractivity contribution in [2.75, 3.05) is 7.05 Å². The average molecular weight is 305 g/mol. The molecule has 0 aliphatic heterocycles. The van der Waals surface area contributed by atoms with Crippen molar-refractivity contribution in [3.05, 3.63) is 47.1 Å². The van der Waals surface area contributed by atoms with Gasteiger partial charge in [0, 0.05) is 18.2 Å². The van der Waals surface area contributed by atoms with Gasteiger partial charge in [-0.25, -0.2) is 8.78 Å². The van der Waals surface area contributed by atoms with Crippen molar-refractivity contribution >= 4 is 12.4 Å². The van der Waals surface area contributed by atoms with Crippen LogP contribution in [-0.4, -0.2) is 22.1 Å². The number of rotatable bonds is 5. The number of hydrogen-bond acceptors (Lipinski definition) is 5. The summed E-state index contributed by atoms with van der Waals surface area (Å²) in [4.78, 5) is 5.84. The first kappa shape index (κ1) is 16.5. The minimum absolute atomic E-state index is 0. The number of benzene rings is 1. The smallest absolute Gasteiger partial charge is 0.240 e. The molecule has 2 N–H and O–H groups in total. The molecule has 0 atom stereocenters. The van der Waals surface area contributed by atoms with Crippen molar-refractivity contribution in [3.63, 3.8) is 0 Å². The van der Waals surface area contributed by atoms with Gasteiger partial charge < -0.3 is 10.3 Å². The first-order valence-electron chi connectivity index (χ1n) is 5.72. The van der Waals surface area contributed by atoms with Gasteiger partial charge in [-0.15, -0.1) is 12.4 Å². The lowest BCUT2D eigenvalue weighted by atomic mass is 10.2. The monoisotopic (exact) mass is 304 g/mol. The van der Waals surface area contributed by atoms with Crippen LogP contribution in [0.2, 0.25) is 0 Å². The average Bonchev–Trinajstić information content (AvgIpc) is 2.80. The fourth-order valence-electron chi connectivity index (χ4n) is 1.68. The zero-order valence-electron chi connectivity index (χ0n) is 10.8. The van der Waals surface area contributed by atoms with Crippen LogP contribution in [0, 0.1) is 11.6 Å². The maximum atomic E-state index is 13.5. The van der Waals surface area contributed by atoms with Crippen LogP contribution in [0.15, 0.2) is 22.7 Å². The van der Waals surface area contributed by atoms with E-state index in [1.165, 1.54) is 12.1 Å². The Kier molecular flexibility index (Phi) is 6.00. The van der Waals surface area contributed by atoms with Crippen molar-refractivity contribution in [3.8, 4) is 0 Å². The summed E-state index contributed by atoms with van der Waals surface area (Å²) in [6.45, 7) is 0.891. The van der Waals surface area contributed by atoms with Crippen LogP contribution in [-0.2, 0) is 19.6 Å². The van der Waals surface area contributed by atoms with Crippen LogP contribution >= 0.6 is 12.4 Å². The summed E-state index contributed by atoms with van der Waals surface area (Å²) in [6.07, 6.45) is 0. The van der Waals surface area contributed by atoms with Gasteiger partial charge >= 0.3 is 0 Å². The van der Waals surface area contributed by atoms with Gasteiger partial charge in [-0.2, -0.15) is 4.98 Å². The number of nitrogens with two attached hydrogens (primary N) is 1. The van der Waals surface area contributed by atoms with Gasteiger partial charge in [-0.3, -0.25) is 4.90 Å². The molecule has 0 fully saturated rings. The molecule has 0 saturated carbocycles. The molecular weight excluding hydrogens is 290 g/mol. The SMILES string of the molecule is CN(Cc1noc(CN)n1)Cc1ccc(F)cc1F.Cl. The van der Waals surface area contributed by atoms with E-state index in [2.05, 4.69) is 10.1 Å². The topological polar surface area (TPSA) is 68.2 Å². The van der Waals surface area contributed by atoms with Crippen molar-refractivity contribution in [2.24, 2.45) is 5.73 Å². The van der Waals surface area contributed by atoms with E-state index < -0.39 is 11.6 Å². The Morgan fingerprint density at radius 2 is 2.05 bits per heavy atom. The van der Waals surface area contributed by atoms with Crippen molar-refractivity contribution < 1.29 is 13.3 Å². The Morgan fingerprint density at radius 3 is 2.65 bits per heavy atom. The summed E-state index contributed by atoms with van der Waals surface area (Å²) in [6, 6.07) is 3.51. The fourth-order valence-corrected chi connectivity index (χ4v) is 1.68. The van der Waals surface area contributed by atoms with Gasteiger partial charge in [-0.05, 0) is 13.1 Å². The Balaban J connectivity index is 0.00000200. The van der Waals surface area contributed by atoms with Gasteiger partial charge in [0.1, 0.15) is 11.6 Å². The van der Waals surface area contributed by atoms with Crippen molar-refractivity contribution in [1.82, 2.24) is 15.0 Å². The largest absolute Gasteiger partial charge is 0.338 e. The predicted octanol–water partition coefficient (Wildman–Crippen LogP) is 1.86. The molecule has 8 heteroatoms. The molecule has 0 amide bonds. The lowest BCUT2D eigenvalue weighted by Gasteiger charge is -2.14. The van der Waals surface area contributed by atoms with Crippen LogP contribution in [0.4, 0.5) is 8.78 Å². The lowest BCUT2D eigenvalue weighted by Crippen LogP contribution is -2.19. The molecule has 5 nitrogen and oxygen atoms in total. The van der Waals surface area contributed by atoms with E-state index in [9.17, 15) is 8.78 Å². The first-order valence-corrected chi connectivity index (χ1v) is 5.72. The minimum atomic E-state index is -0.588. The summed E-state index contributed by atoms with van der Waals surface area (Å²) in [5.41, 5.74) is 5.77. The molecular formula is C12H15ClF2N4O. The predicted molar refractivity (Wildman–Crippen MR) is 71.0 cm³/mol. The molecule has 0 spiro atoms. The molecule has 2 aromatic rings. The third kappa shape index (κ3) is 4.22. The summed E-state index contributed by atoms with van der Waals surface area (Å²) in [5, 5.41) is 3.74. The van der Waals surface area contributed by atoms with Crippen LogP contribution in [0.1, 0.15) is 17.3 Å². The molecule has 0 aliphatic carbocycles. The highest BCUT2D eigenvalue weighted by Gasteiger charge is 2.11. The van der Waals surface area contributed by atoms with Gasteiger partial charge in [-0.1, -0.05) is 11.2 Å². The molecule has 1 heterocycles. The molecule has 0 aliphatic rings.